The quantitative estimate of drug-likeness (QED) is 0.543. The minimum absolute atomic E-state index is 0.00000732. The van der Waals surface area contributed by atoms with Crippen molar-refractivity contribution in [2.45, 2.75) is 37.9 Å². The molecule has 2 unspecified atom stereocenters. The van der Waals surface area contributed by atoms with Gasteiger partial charge in [0, 0.05) is 51.7 Å². The predicted octanol–water partition coefficient (Wildman–Crippen LogP) is 4.15. The third-order valence-electron chi connectivity index (χ3n) is 7.70. The molecule has 3 aromatic rings. The number of hydrogen-bond donors (Lipinski definition) is 0. The molecule has 3 atom stereocenters. The van der Waals surface area contributed by atoms with E-state index < -0.39 is 0 Å². The van der Waals surface area contributed by atoms with Crippen LogP contribution in [-0.2, 0) is 11.8 Å². The Morgan fingerprint density at radius 2 is 1.83 bits per heavy atom. The number of allylic oxidation sites excluding steroid dienone is 1. The molecule has 0 spiro atoms. The molecule has 1 saturated heterocycles. The van der Waals surface area contributed by atoms with Crippen LogP contribution in [0.3, 0.4) is 0 Å². The topological polar surface area (TPSA) is 71.7 Å². The molecule has 1 fully saturated rings. The van der Waals surface area contributed by atoms with Crippen molar-refractivity contribution in [2.75, 3.05) is 37.1 Å². The second kappa shape index (κ2) is 9.17. The van der Waals surface area contributed by atoms with E-state index in [1.165, 1.54) is 11.1 Å². The van der Waals surface area contributed by atoms with E-state index in [2.05, 4.69) is 68.7 Å². The Kier molecular flexibility index (Phi) is 5.84. The monoisotopic (exact) mass is 483 g/mol. The maximum Gasteiger partial charge on any atom is 0.137 e. The zero-order valence-electron chi connectivity index (χ0n) is 21.4. The zero-order chi connectivity index (χ0) is 24.8. The first-order chi connectivity index (χ1) is 17.5. The van der Waals surface area contributed by atoms with E-state index in [9.17, 15) is 0 Å². The highest BCUT2D eigenvalue weighted by atomic mass is 16.5. The van der Waals surface area contributed by atoms with Gasteiger partial charge in [-0.15, -0.1) is 5.10 Å². The standard InChI is InChI=1S/C28H33N7O/c1-18-26(34(4)32-31-18)21-16-23-25(29-17-21)22-10-11-24(33(2)3)30-28(22)35(23)27(19-8-6-5-7-9-19)20-12-14-36-15-13-20/h5-11,16-17,20,23,25,27H,12-15H2,1-4H3/t23?,25?,27-/m1/s1. The van der Waals surface area contributed by atoms with Gasteiger partial charge in [0.2, 0.25) is 0 Å². The number of pyridine rings is 1. The van der Waals surface area contributed by atoms with Crippen molar-refractivity contribution in [3.8, 4) is 0 Å². The van der Waals surface area contributed by atoms with Crippen molar-refractivity contribution in [1.29, 1.82) is 0 Å². The van der Waals surface area contributed by atoms with Gasteiger partial charge in [-0.2, -0.15) is 0 Å². The molecule has 3 aliphatic rings. The van der Waals surface area contributed by atoms with Crippen molar-refractivity contribution < 1.29 is 4.74 Å². The summed E-state index contributed by atoms with van der Waals surface area (Å²) in [7, 11) is 6.03. The van der Waals surface area contributed by atoms with E-state index in [-0.39, 0.29) is 18.1 Å². The van der Waals surface area contributed by atoms with Gasteiger partial charge in [0.25, 0.3) is 0 Å². The number of hydrogen-bond acceptors (Lipinski definition) is 7. The maximum absolute atomic E-state index is 5.77. The summed E-state index contributed by atoms with van der Waals surface area (Å²) in [6, 6.07) is 15.4. The number of anilines is 2. The largest absolute Gasteiger partial charge is 0.381 e. The number of aromatic nitrogens is 4. The first-order valence-electron chi connectivity index (χ1n) is 12.7. The SMILES string of the molecule is Cc1nnn(C)c1C1=CC2C(N=C1)c1ccc(N(C)C)nc1N2[C@H](c1ccccc1)C1CCOCC1. The lowest BCUT2D eigenvalue weighted by Gasteiger charge is -2.41. The van der Waals surface area contributed by atoms with Gasteiger partial charge in [-0.3, -0.25) is 4.99 Å². The summed E-state index contributed by atoms with van der Waals surface area (Å²) in [6.07, 6.45) is 6.41. The number of aryl methyl sites for hydroxylation is 2. The lowest BCUT2D eigenvalue weighted by Crippen LogP contribution is -2.42. The normalized spacial score (nSPS) is 22.2. The zero-order valence-corrected chi connectivity index (χ0v) is 21.4. The first-order valence-corrected chi connectivity index (χ1v) is 12.7. The molecule has 36 heavy (non-hydrogen) atoms. The maximum atomic E-state index is 5.77. The van der Waals surface area contributed by atoms with E-state index in [0.717, 1.165) is 54.7 Å². The highest BCUT2D eigenvalue weighted by Crippen LogP contribution is 2.51. The van der Waals surface area contributed by atoms with Crippen LogP contribution in [0.25, 0.3) is 5.57 Å². The van der Waals surface area contributed by atoms with Crippen molar-refractivity contribution >= 4 is 23.4 Å². The van der Waals surface area contributed by atoms with E-state index in [1.54, 1.807) is 0 Å². The fraction of sp³-hybridized carbons (Fsp3) is 0.429. The van der Waals surface area contributed by atoms with Gasteiger partial charge >= 0.3 is 0 Å². The van der Waals surface area contributed by atoms with E-state index >= 15 is 0 Å². The molecule has 5 heterocycles. The molecule has 8 heteroatoms. The summed E-state index contributed by atoms with van der Waals surface area (Å²) in [5, 5.41) is 8.53. The summed E-state index contributed by atoms with van der Waals surface area (Å²) >= 11 is 0. The van der Waals surface area contributed by atoms with E-state index in [4.69, 9.17) is 14.7 Å². The lowest BCUT2D eigenvalue weighted by atomic mass is 9.85. The number of fused-ring (bicyclic) bond motifs is 3. The highest BCUT2D eigenvalue weighted by Gasteiger charge is 2.46. The summed E-state index contributed by atoms with van der Waals surface area (Å²) in [4.78, 5) is 14.9. The fourth-order valence-corrected chi connectivity index (χ4v) is 6.00. The summed E-state index contributed by atoms with van der Waals surface area (Å²) in [5.74, 6) is 2.45. The van der Waals surface area contributed by atoms with Crippen LogP contribution in [0, 0.1) is 12.8 Å². The molecule has 6 rings (SSSR count). The molecule has 1 aromatic carbocycles. The lowest BCUT2D eigenvalue weighted by molar-refractivity contribution is 0.0567. The highest BCUT2D eigenvalue weighted by molar-refractivity contribution is 6.10. The second-order valence-electron chi connectivity index (χ2n) is 10.2. The summed E-state index contributed by atoms with van der Waals surface area (Å²) < 4.78 is 7.62. The molecule has 0 radical (unpaired) electrons. The Labute approximate surface area is 212 Å². The summed E-state index contributed by atoms with van der Waals surface area (Å²) in [5.41, 5.74) is 5.48. The van der Waals surface area contributed by atoms with Gasteiger partial charge in [-0.1, -0.05) is 35.5 Å². The van der Waals surface area contributed by atoms with Crippen LogP contribution in [0.4, 0.5) is 11.6 Å². The van der Waals surface area contributed by atoms with Gasteiger partial charge in [-0.05, 0) is 49.5 Å². The van der Waals surface area contributed by atoms with E-state index in [1.807, 2.05) is 39.0 Å². The Morgan fingerprint density at radius 1 is 1.06 bits per heavy atom. The van der Waals surface area contributed by atoms with Crippen LogP contribution in [-0.4, -0.2) is 59.5 Å². The predicted molar refractivity (Wildman–Crippen MR) is 143 cm³/mol. The number of dihydropyridines is 1. The van der Waals surface area contributed by atoms with Gasteiger partial charge in [-0.25, -0.2) is 9.67 Å². The number of rotatable bonds is 5. The number of aliphatic imine (C=N–C) groups is 1. The molecule has 0 bridgehead atoms. The Bertz CT molecular complexity index is 1290. The Hall–Kier alpha value is -3.52. The van der Waals surface area contributed by atoms with Gasteiger partial charge in [0.15, 0.2) is 0 Å². The molecule has 0 amide bonds. The van der Waals surface area contributed by atoms with Crippen LogP contribution in [0.1, 0.15) is 47.4 Å². The van der Waals surface area contributed by atoms with Crippen molar-refractivity contribution in [3.05, 3.63) is 71.1 Å². The molecule has 0 saturated carbocycles. The average Bonchev–Trinajstić information content (AvgIpc) is 3.41. The number of ether oxygens (including phenoxy) is 1. The van der Waals surface area contributed by atoms with Crippen LogP contribution in [0.5, 0.6) is 0 Å². The Morgan fingerprint density at radius 3 is 2.53 bits per heavy atom. The third-order valence-corrected chi connectivity index (χ3v) is 7.70. The van der Waals surface area contributed by atoms with Crippen LogP contribution in [0.15, 0.2) is 53.5 Å². The first kappa shape index (κ1) is 22.9. The molecule has 8 nitrogen and oxygen atoms in total. The molecule has 3 aliphatic heterocycles. The minimum Gasteiger partial charge on any atom is -0.381 e. The van der Waals surface area contributed by atoms with Crippen molar-refractivity contribution in [1.82, 2.24) is 20.0 Å². The summed E-state index contributed by atoms with van der Waals surface area (Å²) in [6.45, 7) is 3.60. The fourth-order valence-electron chi connectivity index (χ4n) is 6.00. The van der Waals surface area contributed by atoms with Crippen LogP contribution in [0.2, 0.25) is 0 Å². The molecule has 2 aromatic heterocycles. The third kappa shape index (κ3) is 3.80. The number of benzene rings is 1. The average molecular weight is 484 g/mol. The molecular formula is C28H33N7O. The molecular weight excluding hydrogens is 450 g/mol. The van der Waals surface area contributed by atoms with E-state index in [0.29, 0.717) is 5.92 Å². The second-order valence-corrected chi connectivity index (χ2v) is 10.2. The minimum atomic E-state index is 0.00000732. The van der Waals surface area contributed by atoms with Gasteiger partial charge in [0.05, 0.1) is 23.5 Å². The Balaban J connectivity index is 1.53. The van der Waals surface area contributed by atoms with Crippen molar-refractivity contribution in [3.63, 3.8) is 0 Å². The van der Waals surface area contributed by atoms with Gasteiger partial charge < -0.3 is 14.5 Å². The molecule has 0 N–H and O–H groups in total. The smallest absolute Gasteiger partial charge is 0.137 e. The van der Waals surface area contributed by atoms with Crippen LogP contribution >= 0.6 is 0 Å². The number of nitrogens with zero attached hydrogens (tertiary/aromatic N) is 7. The van der Waals surface area contributed by atoms with Crippen molar-refractivity contribution in [2.24, 2.45) is 18.0 Å². The molecule has 0 aliphatic carbocycles. The molecule has 186 valence electrons. The van der Waals surface area contributed by atoms with Gasteiger partial charge in [0.1, 0.15) is 17.7 Å². The van der Waals surface area contributed by atoms with Crippen LogP contribution < -0.4 is 9.80 Å².